The molecular formula is C17H18O4. The third-order valence-electron chi connectivity index (χ3n) is 3.47. The first-order chi connectivity index (χ1) is 10.0. The number of hydrogen-bond donors (Lipinski definition) is 2. The molecule has 0 aromatic heterocycles. The Morgan fingerprint density at radius 2 is 2.14 bits per heavy atom. The zero-order chi connectivity index (χ0) is 15.4. The molecule has 1 unspecified atom stereocenters. The summed E-state index contributed by atoms with van der Waals surface area (Å²) in [5.74, 6) is 0.552. The number of allylic oxidation sites excluding steroid dienone is 5. The molecule has 1 aliphatic carbocycles. The van der Waals surface area contributed by atoms with Gasteiger partial charge >= 0.3 is 0 Å². The monoisotopic (exact) mass is 286 g/mol. The largest absolute Gasteiger partial charge is 0.508 e. The summed E-state index contributed by atoms with van der Waals surface area (Å²) < 4.78 is 5.10. The van der Waals surface area contributed by atoms with Crippen LogP contribution in [-0.4, -0.2) is 23.1 Å². The molecule has 1 aromatic carbocycles. The third-order valence-corrected chi connectivity index (χ3v) is 3.47. The van der Waals surface area contributed by atoms with Gasteiger partial charge in [0.05, 0.1) is 12.7 Å². The van der Waals surface area contributed by atoms with Crippen LogP contribution in [0, 0.1) is 12.8 Å². The van der Waals surface area contributed by atoms with Crippen LogP contribution < -0.4 is 4.74 Å². The second-order valence-corrected chi connectivity index (χ2v) is 4.90. The highest BCUT2D eigenvalue weighted by atomic mass is 16.5. The summed E-state index contributed by atoms with van der Waals surface area (Å²) in [4.78, 5) is 12.1. The standard InChI is InChI=1S/C17H18O4/c1-11-16(21-2)10-8-14(17(11)20)15(19)9-5-12-3-6-13(18)7-4-12/h3,5-10,12,18,20H,4H2,1-2H3. The molecule has 2 rings (SSSR count). The predicted octanol–water partition coefficient (Wildman–Crippen LogP) is 3.47. The quantitative estimate of drug-likeness (QED) is 0.657. The van der Waals surface area contributed by atoms with E-state index in [0.29, 0.717) is 17.7 Å². The van der Waals surface area contributed by atoms with Gasteiger partial charge < -0.3 is 14.9 Å². The fourth-order valence-corrected chi connectivity index (χ4v) is 2.17. The van der Waals surface area contributed by atoms with Gasteiger partial charge in [0.15, 0.2) is 5.78 Å². The second kappa shape index (κ2) is 6.31. The number of benzene rings is 1. The van der Waals surface area contributed by atoms with Crippen molar-refractivity contribution in [3.8, 4) is 11.5 Å². The predicted molar refractivity (Wildman–Crippen MR) is 80.8 cm³/mol. The van der Waals surface area contributed by atoms with Gasteiger partial charge in [-0.05, 0) is 49.6 Å². The molecule has 0 aliphatic heterocycles. The summed E-state index contributed by atoms with van der Waals surface area (Å²) >= 11 is 0. The molecule has 4 nitrogen and oxygen atoms in total. The molecule has 0 heterocycles. The van der Waals surface area contributed by atoms with Crippen molar-refractivity contribution in [1.29, 1.82) is 0 Å². The normalized spacial score (nSPS) is 17.8. The molecule has 0 fully saturated rings. The lowest BCUT2D eigenvalue weighted by Gasteiger charge is -2.10. The molecule has 21 heavy (non-hydrogen) atoms. The highest BCUT2D eigenvalue weighted by molar-refractivity contribution is 6.06. The van der Waals surface area contributed by atoms with E-state index in [-0.39, 0.29) is 28.8 Å². The number of aliphatic hydroxyl groups excluding tert-OH is 1. The number of ketones is 1. The molecule has 0 radical (unpaired) electrons. The van der Waals surface area contributed by atoms with Crippen LogP contribution >= 0.6 is 0 Å². The van der Waals surface area contributed by atoms with E-state index in [1.54, 1.807) is 37.3 Å². The van der Waals surface area contributed by atoms with Gasteiger partial charge in [-0.15, -0.1) is 0 Å². The minimum absolute atomic E-state index is 0.0549. The first-order valence-corrected chi connectivity index (χ1v) is 6.69. The molecule has 0 bridgehead atoms. The minimum atomic E-state index is -0.259. The number of rotatable bonds is 4. The number of carbonyl (C=O) groups excluding carboxylic acids is 1. The van der Waals surface area contributed by atoms with Crippen molar-refractivity contribution in [3.05, 3.63) is 59.4 Å². The van der Waals surface area contributed by atoms with E-state index in [2.05, 4.69) is 0 Å². The van der Waals surface area contributed by atoms with E-state index in [1.807, 2.05) is 6.08 Å². The molecule has 2 N–H and O–H groups in total. The summed E-state index contributed by atoms with van der Waals surface area (Å²) in [6.07, 6.45) is 9.01. The number of ether oxygens (including phenoxy) is 1. The number of phenols is 1. The maximum absolute atomic E-state index is 12.1. The Hall–Kier alpha value is -2.49. The third kappa shape index (κ3) is 3.34. The van der Waals surface area contributed by atoms with Gasteiger partial charge in [0, 0.05) is 5.56 Å². The smallest absolute Gasteiger partial charge is 0.189 e. The summed E-state index contributed by atoms with van der Waals surface area (Å²) in [5, 5.41) is 19.3. The molecule has 4 heteroatoms. The summed E-state index contributed by atoms with van der Waals surface area (Å²) in [5.41, 5.74) is 0.796. The Kier molecular flexibility index (Phi) is 4.48. The van der Waals surface area contributed by atoms with Gasteiger partial charge in [0.25, 0.3) is 0 Å². The number of phenolic OH excluding ortho intramolecular Hbond substituents is 1. The van der Waals surface area contributed by atoms with E-state index in [4.69, 9.17) is 4.74 Å². The van der Waals surface area contributed by atoms with E-state index in [1.165, 1.54) is 13.2 Å². The Morgan fingerprint density at radius 1 is 1.38 bits per heavy atom. The van der Waals surface area contributed by atoms with E-state index in [0.717, 1.165) is 0 Å². The summed E-state index contributed by atoms with van der Waals surface area (Å²) in [6, 6.07) is 3.22. The van der Waals surface area contributed by atoms with E-state index in [9.17, 15) is 15.0 Å². The van der Waals surface area contributed by atoms with Crippen molar-refractivity contribution in [1.82, 2.24) is 0 Å². The number of aliphatic hydroxyl groups is 1. The van der Waals surface area contributed by atoms with Crippen molar-refractivity contribution in [3.63, 3.8) is 0 Å². The minimum Gasteiger partial charge on any atom is -0.508 e. The van der Waals surface area contributed by atoms with Crippen LogP contribution in [-0.2, 0) is 0 Å². The van der Waals surface area contributed by atoms with Crippen LogP contribution in [0.4, 0.5) is 0 Å². The van der Waals surface area contributed by atoms with Crippen LogP contribution in [0.15, 0.2) is 48.3 Å². The first kappa shape index (κ1) is 14.9. The van der Waals surface area contributed by atoms with Gasteiger partial charge in [-0.2, -0.15) is 0 Å². The molecule has 0 amide bonds. The van der Waals surface area contributed by atoms with Crippen LogP contribution in [0.2, 0.25) is 0 Å². The Bertz CT molecular complexity index is 638. The van der Waals surface area contributed by atoms with Crippen LogP contribution in [0.25, 0.3) is 0 Å². The van der Waals surface area contributed by atoms with Crippen molar-refractivity contribution in [2.45, 2.75) is 13.3 Å². The Labute approximate surface area is 123 Å². The number of aromatic hydroxyl groups is 1. The zero-order valence-electron chi connectivity index (χ0n) is 12.0. The number of hydrogen-bond acceptors (Lipinski definition) is 4. The SMILES string of the molecule is COc1ccc(C(=O)C=CC2C=CC(O)=CC2)c(O)c1C. The molecular weight excluding hydrogens is 268 g/mol. The van der Waals surface area contributed by atoms with E-state index < -0.39 is 0 Å². The van der Waals surface area contributed by atoms with Crippen molar-refractivity contribution < 1.29 is 19.7 Å². The molecule has 110 valence electrons. The molecule has 0 saturated carbocycles. The van der Waals surface area contributed by atoms with Crippen molar-refractivity contribution >= 4 is 5.78 Å². The van der Waals surface area contributed by atoms with Crippen molar-refractivity contribution in [2.75, 3.05) is 7.11 Å². The number of methoxy groups -OCH3 is 1. The first-order valence-electron chi connectivity index (χ1n) is 6.69. The molecule has 1 aromatic rings. The van der Waals surface area contributed by atoms with Crippen molar-refractivity contribution in [2.24, 2.45) is 5.92 Å². The molecule has 1 atom stereocenters. The highest BCUT2D eigenvalue weighted by Crippen LogP contribution is 2.30. The average molecular weight is 286 g/mol. The van der Waals surface area contributed by atoms with Crippen LogP contribution in [0.5, 0.6) is 11.5 Å². The maximum Gasteiger partial charge on any atom is 0.189 e. The molecule has 0 saturated heterocycles. The van der Waals surface area contributed by atoms with Gasteiger partial charge in [-0.3, -0.25) is 4.79 Å². The Morgan fingerprint density at radius 3 is 2.76 bits per heavy atom. The summed E-state index contributed by atoms with van der Waals surface area (Å²) in [7, 11) is 1.52. The highest BCUT2D eigenvalue weighted by Gasteiger charge is 2.14. The number of carbonyl (C=O) groups is 1. The topological polar surface area (TPSA) is 66.8 Å². The lowest BCUT2D eigenvalue weighted by molar-refractivity contribution is 0.104. The zero-order valence-corrected chi connectivity index (χ0v) is 12.0. The van der Waals surface area contributed by atoms with Gasteiger partial charge in [0.2, 0.25) is 0 Å². The van der Waals surface area contributed by atoms with E-state index >= 15 is 0 Å². The second-order valence-electron chi connectivity index (χ2n) is 4.90. The fourth-order valence-electron chi connectivity index (χ4n) is 2.17. The Balaban J connectivity index is 2.14. The van der Waals surface area contributed by atoms with Crippen LogP contribution in [0.1, 0.15) is 22.3 Å². The molecule has 1 aliphatic rings. The lowest BCUT2D eigenvalue weighted by Crippen LogP contribution is -2.01. The van der Waals surface area contributed by atoms with Gasteiger partial charge in [0.1, 0.15) is 17.3 Å². The van der Waals surface area contributed by atoms with Crippen LogP contribution in [0.3, 0.4) is 0 Å². The average Bonchev–Trinajstić information content (AvgIpc) is 2.49. The maximum atomic E-state index is 12.1. The van der Waals surface area contributed by atoms with Gasteiger partial charge in [-0.1, -0.05) is 12.2 Å². The lowest BCUT2D eigenvalue weighted by atomic mass is 9.98. The molecule has 0 spiro atoms. The fraction of sp³-hybridized carbons (Fsp3) is 0.235. The van der Waals surface area contributed by atoms with Gasteiger partial charge in [-0.25, -0.2) is 0 Å². The summed E-state index contributed by atoms with van der Waals surface area (Å²) in [6.45, 7) is 1.70.